The number of hydrogen-bond donors (Lipinski definition) is 1. The zero-order valence-corrected chi connectivity index (χ0v) is 10.0. The van der Waals surface area contributed by atoms with Crippen molar-refractivity contribution in [2.75, 3.05) is 33.9 Å². The van der Waals surface area contributed by atoms with Crippen LogP contribution in [-0.2, 0) is 4.74 Å². The Bertz CT molecular complexity index is 194. The predicted octanol–water partition coefficient (Wildman–Crippen LogP) is 1.10. The van der Waals surface area contributed by atoms with Gasteiger partial charge in [-0.25, -0.2) is 0 Å². The van der Waals surface area contributed by atoms with Crippen LogP contribution in [0.15, 0.2) is 0 Å². The van der Waals surface area contributed by atoms with Gasteiger partial charge in [-0.05, 0) is 33.4 Å². The standard InChI is InChI=1S/C12H24N2O/c1-13-12-6-7-15-9-10(12)8-14(2)11-4-3-5-11/h10-13H,3-9H2,1-2H3. The Hall–Kier alpha value is -0.120. The first-order valence-corrected chi connectivity index (χ1v) is 6.26. The smallest absolute Gasteiger partial charge is 0.0521 e. The molecule has 15 heavy (non-hydrogen) atoms. The molecule has 2 unspecified atom stereocenters. The van der Waals surface area contributed by atoms with Crippen molar-refractivity contribution in [3.05, 3.63) is 0 Å². The van der Waals surface area contributed by atoms with Crippen molar-refractivity contribution >= 4 is 0 Å². The highest BCUT2D eigenvalue weighted by molar-refractivity contribution is 4.84. The van der Waals surface area contributed by atoms with Gasteiger partial charge in [0.2, 0.25) is 0 Å². The Balaban J connectivity index is 1.79. The molecule has 1 saturated carbocycles. The highest BCUT2D eigenvalue weighted by Crippen LogP contribution is 2.25. The van der Waals surface area contributed by atoms with E-state index in [-0.39, 0.29) is 0 Å². The van der Waals surface area contributed by atoms with Crippen LogP contribution in [0.2, 0.25) is 0 Å². The van der Waals surface area contributed by atoms with E-state index in [9.17, 15) is 0 Å². The fourth-order valence-corrected chi connectivity index (χ4v) is 2.70. The Morgan fingerprint density at radius 2 is 2.13 bits per heavy atom. The minimum absolute atomic E-state index is 0.654. The van der Waals surface area contributed by atoms with Crippen molar-refractivity contribution in [1.82, 2.24) is 10.2 Å². The van der Waals surface area contributed by atoms with Gasteiger partial charge >= 0.3 is 0 Å². The summed E-state index contributed by atoms with van der Waals surface area (Å²) in [5.74, 6) is 0.675. The maximum atomic E-state index is 5.58. The third-order valence-electron chi connectivity index (χ3n) is 4.07. The lowest BCUT2D eigenvalue weighted by Gasteiger charge is -2.40. The molecule has 1 saturated heterocycles. The van der Waals surface area contributed by atoms with E-state index < -0.39 is 0 Å². The van der Waals surface area contributed by atoms with Gasteiger partial charge in [-0.1, -0.05) is 6.42 Å². The summed E-state index contributed by atoms with van der Waals surface area (Å²) in [6.07, 6.45) is 5.38. The number of nitrogens with zero attached hydrogens (tertiary/aromatic N) is 1. The highest BCUT2D eigenvalue weighted by atomic mass is 16.5. The number of hydrogen-bond acceptors (Lipinski definition) is 3. The molecule has 0 bridgehead atoms. The van der Waals surface area contributed by atoms with Gasteiger partial charge in [0.15, 0.2) is 0 Å². The summed E-state index contributed by atoms with van der Waals surface area (Å²) >= 11 is 0. The van der Waals surface area contributed by atoms with E-state index in [1.165, 1.54) is 32.2 Å². The molecule has 3 heteroatoms. The summed E-state index contributed by atoms with van der Waals surface area (Å²) in [5, 5.41) is 3.43. The summed E-state index contributed by atoms with van der Waals surface area (Å²) in [4.78, 5) is 2.53. The van der Waals surface area contributed by atoms with Crippen LogP contribution in [0.25, 0.3) is 0 Å². The van der Waals surface area contributed by atoms with Gasteiger partial charge in [0.05, 0.1) is 6.61 Å². The average Bonchev–Trinajstić information content (AvgIpc) is 2.15. The molecule has 0 amide bonds. The lowest BCUT2D eigenvalue weighted by Crippen LogP contribution is -2.49. The second-order valence-corrected chi connectivity index (χ2v) is 5.04. The first-order chi connectivity index (χ1) is 7.31. The quantitative estimate of drug-likeness (QED) is 0.755. The molecule has 2 fully saturated rings. The molecule has 1 aliphatic heterocycles. The van der Waals surface area contributed by atoms with Gasteiger partial charge < -0.3 is 15.0 Å². The molecule has 1 aliphatic carbocycles. The molecule has 1 N–H and O–H groups in total. The van der Waals surface area contributed by atoms with Crippen molar-refractivity contribution in [2.24, 2.45) is 5.92 Å². The van der Waals surface area contributed by atoms with Crippen molar-refractivity contribution in [2.45, 2.75) is 37.8 Å². The Kier molecular flexibility index (Phi) is 4.00. The Morgan fingerprint density at radius 3 is 2.73 bits per heavy atom. The highest BCUT2D eigenvalue weighted by Gasteiger charge is 2.29. The van der Waals surface area contributed by atoms with Crippen LogP contribution in [0.4, 0.5) is 0 Å². The number of rotatable bonds is 4. The van der Waals surface area contributed by atoms with Crippen LogP contribution in [-0.4, -0.2) is 50.8 Å². The van der Waals surface area contributed by atoms with E-state index in [2.05, 4.69) is 24.3 Å². The first kappa shape index (κ1) is 11.4. The van der Waals surface area contributed by atoms with Gasteiger partial charge in [0.1, 0.15) is 0 Å². The summed E-state index contributed by atoms with van der Waals surface area (Å²) < 4.78 is 5.58. The van der Waals surface area contributed by atoms with Gasteiger partial charge in [0, 0.05) is 31.2 Å². The van der Waals surface area contributed by atoms with Crippen LogP contribution in [0.5, 0.6) is 0 Å². The largest absolute Gasteiger partial charge is 0.381 e. The molecular weight excluding hydrogens is 188 g/mol. The summed E-state index contributed by atoms with van der Waals surface area (Å²) in [5.41, 5.74) is 0. The molecule has 0 aromatic carbocycles. The molecule has 1 heterocycles. The fourth-order valence-electron chi connectivity index (χ4n) is 2.70. The van der Waals surface area contributed by atoms with Crippen LogP contribution in [0.3, 0.4) is 0 Å². The molecule has 88 valence electrons. The topological polar surface area (TPSA) is 24.5 Å². The second kappa shape index (κ2) is 5.28. The molecule has 0 radical (unpaired) electrons. The minimum atomic E-state index is 0.654. The molecule has 2 aliphatic rings. The molecule has 3 nitrogen and oxygen atoms in total. The van der Waals surface area contributed by atoms with Crippen molar-refractivity contribution in [3.63, 3.8) is 0 Å². The Labute approximate surface area is 93.2 Å². The normalized spacial score (nSPS) is 33.0. The molecule has 0 spiro atoms. The van der Waals surface area contributed by atoms with Crippen LogP contribution < -0.4 is 5.32 Å². The maximum absolute atomic E-state index is 5.58. The van der Waals surface area contributed by atoms with Crippen molar-refractivity contribution in [1.29, 1.82) is 0 Å². The lowest BCUT2D eigenvalue weighted by atomic mass is 9.89. The van der Waals surface area contributed by atoms with E-state index in [1.54, 1.807) is 0 Å². The van der Waals surface area contributed by atoms with Crippen molar-refractivity contribution in [3.8, 4) is 0 Å². The summed E-state index contributed by atoms with van der Waals surface area (Å²) in [7, 11) is 4.34. The average molecular weight is 212 g/mol. The predicted molar refractivity (Wildman–Crippen MR) is 62.0 cm³/mol. The maximum Gasteiger partial charge on any atom is 0.0521 e. The van der Waals surface area contributed by atoms with E-state index in [0.717, 1.165) is 19.3 Å². The third-order valence-corrected chi connectivity index (χ3v) is 4.07. The van der Waals surface area contributed by atoms with E-state index >= 15 is 0 Å². The zero-order chi connectivity index (χ0) is 10.7. The zero-order valence-electron chi connectivity index (χ0n) is 10.0. The molecule has 0 aromatic rings. The first-order valence-electron chi connectivity index (χ1n) is 6.26. The lowest BCUT2D eigenvalue weighted by molar-refractivity contribution is 0.0104. The number of ether oxygens (including phenoxy) is 1. The summed E-state index contributed by atoms with van der Waals surface area (Å²) in [6, 6.07) is 1.51. The van der Waals surface area contributed by atoms with Crippen molar-refractivity contribution < 1.29 is 4.74 Å². The SMILES string of the molecule is CNC1CCOCC1CN(C)C1CCC1. The van der Waals surface area contributed by atoms with Crippen LogP contribution in [0, 0.1) is 5.92 Å². The minimum Gasteiger partial charge on any atom is -0.381 e. The van der Waals surface area contributed by atoms with Gasteiger partial charge in [-0.15, -0.1) is 0 Å². The third kappa shape index (κ3) is 2.71. The summed E-state index contributed by atoms with van der Waals surface area (Å²) in [6.45, 7) is 3.05. The monoisotopic (exact) mass is 212 g/mol. The molecule has 0 aromatic heterocycles. The molecule has 2 atom stereocenters. The van der Waals surface area contributed by atoms with Gasteiger partial charge in [-0.3, -0.25) is 0 Å². The van der Waals surface area contributed by atoms with Crippen LogP contribution in [0.1, 0.15) is 25.7 Å². The fraction of sp³-hybridized carbons (Fsp3) is 1.00. The van der Waals surface area contributed by atoms with E-state index in [1.807, 2.05) is 0 Å². The van der Waals surface area contributed by atoms with Crippen LogP contribution >= 0.6 is 0 Å². The van der Waals surface area contributed by atoms with Gasteiger partial charge in [-0.2, -0.15) is 0 Å². The Morgan fingerprint density at radius 1 is 1.33 bits per heavy atom. The number of nitrogens with one attached hydrogen (secondary N) is 1. The van der Waals surface area contributed by atoms with Gasteiger partial charge in [0.25, 0.3) is 0 Å². The van der Waals surface area contributed by atoms with E-state index in [4.69, 9.17) is 4.74 Å². The molecular formula is C12H24N2O. The van der Waals surface area contributed by atoms with E-state index in [0.29, 0.717) is 12.0 Å². The molecule has 2 rings (SSSR count). The second-order valence-electron chi connectivity index (χ2n) is 5.04.